The van der Waals surface area contributed by atoms with Gasteiger partial charge in [0.15, 0.2) is 0 Å². The quantitative estimate of drug-likeness (QED) is 0.217. The third kappa shape index (κ3) is 9.77. The maximum Gasteiger partial charge on any atom is 0.243 e. The maximum absolute atomic E-state index is 11.2. The van der Waals surface area contributed by atoms with Crippen molar-refractivity contribution in [3.05, 3.63) is 12.7 Å². The number of amides is 1. The average molecular weight is 458 g/mol. The van der Waals surface area contributed by atoms with Crippen molar-refractivity contribution >= 4 is 5.91 Å². The Bertz CT molecular complexity index is 533. The molecule has 190 valence electrons. The highest BCUT2D eigenvalue weighted by molar-refractivity contribution is 5.86. The van der Waals surface area contributed by atoms with Crippen LogP contribution in [0.25, 0.3) is 0 Å². The van der Waals surface area contributed by atoms with Crippen LogP contribution in [0.4, 0.5) is 0 Å². The van der Waals surface area contributed by atoms with Crippen LogP contribution in [0.2, 0.25) is 0 Å². The lowest BCUT2D eigenvalue weighted by atomic mass is 9.68. The SMILES string of the molecule is C=CC(=O)NCCCC1CCC(C2CCC(CCC3CCC(CCCCC)CC3)CC2)CC1. The highest BCUT2D eigenvalue weighted by atomic mass is 16.1. The first-order chi connectivity index (χ1) is 16.2. The first kappa shape index (κ1) is 26.8. The summed E-state index contributed by atoms with van der Waals surface area (Å²) in [4.78, 5) is 11.2. The second-order valence-corrected chi connectivity index (χ2v) is 12.2. The first-order valence-electron chi connectivity index (χ1n) is 15.1. The molecular formula is C31H55NO. The molecule has 0 unspecified atom stereocenters. The van der Waals surface area contributed by atoms with E-state index in [0.29, 0.717) is 0 Å². The fraction of sp³-hybridized carbons (Fsp3) is 0.903. The molecule has 3 saturated carbocycles. The lowest BCUT2D eigenvalue weighted by Crippen LogP contribution is -2.27. The van der Waals surface area contributed by atoms with Crippen LogP contribution in [-0.4, -0.2) is 12.5 Å². The minimum Gasteiger partial charge on any atom is -0.353 e. The normalized spacial score (nSPS) is 32.9. The average Bonchev–Trinajstić information content (AvgIpc) is 2.87. The van der Waals surface area contributed by atoms with E-state index in [-0.39, 0.29) is 5.91 Å². The van der Waals surface area contributed by atoms with Crippen molar-refractivity contribution in [2.45, 2.75) is 135 Å². The van der Waals surface area contributed by atoms with E-state index >= 15 is 0 Å². The molecule has 0 aromatic rings. The van der Waals surface area contributed by atoms with Crippen molar-refractivity contribution in [1.29, 1.82) is 0 Å². The van der Waals surface area contributed by atoms with Gasteiger partial charge in [0.1, 0.15) is 0 Å². The molecule has 0 aromatic heterocycles. The van der Waals surface area contributed by atoms with E-state index in [0.717, 1.165) is 48.5 Å². The zero-order chi connectivity index (χ0) is 23.3. The van der Waals surface area contributed by atoms with E-state index in [9.17, 15) is 4.79 Å². The Labute approximate surface area is 206 Å². The number of rotatable bonds is 13. The fourth-order valence-electron chi connectivity index (χ4n) is 7.53. The standard InChI is InChI=1S/C31H55NO/c1-3-5-6-8-25-10-12-27(13-11-25)14-15-28-18-22-30(23-19-28)29-20-16-26(17-21-29)9-7-24-32-31(33)4-2/h4,25-30H,2-3,5-24H2,1H3,(H,32,33). The summed E-state index contributed by atoms with van der Waals surface area (Å²) in [7, 11) is 0. The molecule has 3 aliphatic carbocycles. The number of carbonyl (C=O) groups excluding carboxylic acids is 1. The Kier molecular flexibility index (Phi) is 12.4. The van der Waals surface area contributed by atoms with Gasteiger partial charge >= 0.3 is 0 Å². The number of nitrogens with one attached hydrogen (secondary N) is 1. The van der Waals surface area contributed by atoms with Crippen molar-refractivity contribution in [3.63, 3.8) is 0 Å². The molecule has 2 nitrogen and oxygen atoms in total. The van der Waals surface area contributed by atoms with Gasteiger partial charge in [0.25, 0.3) is 0 Å². The molecule has 0 radical (unpaired) electrons. The van der Waals surface area contributed by atoms with E-state index in [1.807, 2.05) is 0 Å². The van der Waals surface area contributed by atoms with Crippen molar-refractivity contribution in [1.82, 2.24) is 5.32 Å². The molecule has 0 aromatic carbocycles. The van der Waals surface area contributed by atoms with E-state index in [1.165, 1.54) is 128 Å². The van der Waals surface area contributed by atoms with Crippen LogP contribution in [0.5, 0.6) is 0 Å². The molecule has 1 amide bonds. The van der Waals surface area contributed by atoms with E-state index in [4.69, 9.17) is 0 Å². The Balaban J connectivity index is 1.21. The maximum atomic E-state index is 11.2. The van der Waals surface area contributed by atoms with Crippen LogP contribution in [0.15, 0.2) is 12.7 Å². The summed E-state index contributed by atoms with van der Waals surface area (Å²) in [6.45, 7) is 6.66. The van der Waals surface area contributed by atoms with Gasteiger partial charge in [0.05, 0.1) is 0 Å². The minimum atomic E-state index is -0.0282. The van der Waals surface area contributed by atoms with Gasteiger partial charge in [-0.15, -0.1) is 0 Å². The molecule has 0 spiro atoms. The van der Waals surface area contributed by atoms with Gasteiger partial charge < -0.3 is 5.32 Å². The summed E-state index contributed by atoms with van der Waals surface area (Å²) >= 11 is 0. The van der Waals surface area contributed by atoms with Crippen LogP contribution < -0.4 is 5.32 Å². The minimum absolute atomic E-state index is 0.0282. The number of hydrogen-bond donors (Lipinski definition) is 1. The highest BCUT2D eigenvalue weighted by Crippen LogP contribution is 2.44. The Hall–Kier alpha value is -0.790. The van der Waals surface area contributed by atoms with Crippen LogP contribution in [0, 0.1) is 35.5 Å². The predicted octanol–water partition coefficient (Wildman–Crippen LogP) is 8.85. The lowest BCUT2D eigenvalue weighted by molar-refractivity contribution is -0.116. The van der Waals surface area contributed by atoms with Gasteiger partial charge in [-0.1, -0.05) is 103 Å². The van der Waals surface area contributed by atoms with Crippen LogP contribution in [0.1, 0.15) is 135 Å². The van der Waals surface area contributed by atoms with Gasteiger partial charge in [0.2, 0.25) is 5.91 Å². The van der Waals surface area contributed by atoms with Crippen LogP contribution >= 0.6 is 0 Å². The molecule has 1 N–H and O–H groups in total. The van der Waals surface area contributed by atoms with Gasteiger partial charge in [0, 0.05) is 6.54 Å². The van der Waals surface area contributed by atoms with Crippen LogP contribution in [0.3, 0.4) is 0 Å². The van der Waals surface area contributed by atoms with Crippen molar-refractivity contribution in [3.8, 4) is 0 Å². The topological polar surface area (TPSA) is 29.1 Å². The third-order valence-corrected chi connectivity index (χ3v) is 9.89. The molecule has 0 bridgehead atoms. The lowest BCUT2D eigenvalue weighted by Gasteiger charge is -2.38. The van der Waals surface area contributed by atoms with Crippen molar-refractivity contribution < 1.29 is 4.79 Å². The molecule has 0 saturated heterocycles. The van der Waals surface area contributed by atoms with Gasteiger partial charge in [-0.25, -0.2) is 0 Å². The largest absolute Gasteiger partial charge is 0.353 e. The summed E-state index contributed by atoms with van der Waals surface area (Å²) in [6.07, 6.45) is 30.7. The molecule has 3 fully saturated rings. The molecule has 33 heavy (non-hydrogen) atoms. The molecular weight excluding hydrogens is 402 g/mol. The summed E-state index contributed by atoms with van der Waals surface area (Å²) in [6, 6.07) is 0. The number of carbonyl (C=O) groups is 1. The van der Waals surface area contributed by atoms with Crippen molar-refractivity contribution in [2.24, 2.45) is 35.5 Å². The summed E-state index contributed by atoms with van der Waals surface area (Å²) in [5.41, 5.74) is 0. The molecule has 3 rings (SSSR count). The Morgan fingerprint density at radius 1 is 0.667 bits per heavy atom. The number of hydrogen-bond acceptors (Lipinski definition) is 1. The molecule has 2 heteroatoms. The second-order valence-electron chi connectivity index (χ2n) is 12.2. The molecule has 0 aliphatic heterocycles. The monoisotopic (exact) mass is 457 g/mol. The smallest absolute Gasteiger partial charge is 0.243 e. The molecule has 0 atom stereocenters. The fourth-order valence-corrected chi connectivity index (χ4v) is 7.53. The zero-order valence-corrected chi connectivity index (χ0v) is 22.0. The molecule has 3 aliphatic rings. The summed E-state index contributed by atoms with van der Waals surface area (Å²) in [5, 5.41) is 2.92. The molecule has 0 heterocycles. The first-order valence-corrected chi connectivity index (χ1v) is 15.1. The predicted molar refractivity (Wildman–Crippen MR) is 142 cm³/mol. The van der Waals surface area contributed by atoms with E-state index in [2.05, 4.69) is 18.8 Å². The Morgan fingerprint density at radius 3 is 1.55 bits per heavy atom. The highest BCUT2D eigenvalue weighted by Gasteiger charge is 2.31. The van der Waals surface area contributed by atoms with Gasteiger partial charge in [-0.3, -0.25) is 4.79 Å². The second kappa shape index (κ2) is 15.3. The third-order valence-electron chi connectivity index (χ3n) is 9.89. The van der Waals surface area contributed by atoms with E-state index < -0.39 is 0 Å². The van der Waals surface area contributed by atoms with Gasteiger partial charge in [-0.05, 0) is 80.1 Å². The van der Waals surface area contributed by atoms with E-state index in [1.54, 1.807) is 0 Å². The van der Waals surface area contributed by atoms with Crippen molar-refractivity contribution in [2.75, 3.05) is 6.54 Å². The van der Waals surface area contributed by atoms with Gasteiger partial charge in [-0.2, -0.15) is 0 Å². The summed E-state index contributed by atoms with van der Waals surface area (Å²) in [5.74, 6) is 6.10. The zero-order valence-electron chi connectivity index (χ0n) is 22.0. The number of unbranched alkanes of at least 4 members (excludes halogenated alkanes) is 2. The van der Waals surface area contributed by atoms with Crippen LogP contribution in [-0.2, 0) is 4.79 Å². The Morgan fingerprint density at radius 2 is 1.09 bits per heavy atom. The summed E-state index contributed by atoms with van der Waals surface area (Å²) < 4.78 is 0.